The molecule has 0 saturated carbocycles. The van der Waals surface area contributed by atoms with Gasteiger partial charge >= 0.3 is 0 Å². The van der Waals surface area contributed by atoms with E-state index in [1.54, 1.807) is 12.2 Å². The molecule has 0 aromatic carbocycles. The van der Waals surface area contributed by atoms with Crippen LogP contribution in [-0.4, -0.2) is 22.4 Å². The van der Waals surface area contributed by atoms with Crippen molar-refractivity contribution in [2.24, 2.45) is 0 Å². The van der Waals surface area contributed by atoms with Crippen molar-refractivity contribution in [3.05, 3.63) is 60.8 Å². The summed E-state index contributed by atoms with van der Waals surface area (Å²) in [7, 11) is 0. The topological polar surface area (TPSA) is 40.5 Å². The van der Waals surface area contributed by atoms with E-state index in [1.165, 1.54) is 38.5 Å². The number of rotatable bonds is 16. The zero-order valence-electron chi connectivity index (χ0n) is 16.9. The highest BCUT2D eigenvalue weighted by Gasteiger charge is 1.94. The number of hydrogen-bond donors (Lipinski definition) is 2. The van der Waals surface area contributed by atoms with Crippen LogP contribution in [-0.2, 0) is 0 Å². The van der Waals surface area contributed by atoms with E-state index in [4.69, 9.17) is 0 Å². The summed E-state index contributed by atoms with van der Waals surface area (Å²) in [5.41, 5.74) is 0. The van der Waals surface area contributed by atoms with Crippen LogP contribution in [0.3, 0.4) is 0 Å². The molecule has 26 heavy (non-hydrogen) atoms. The predicted molar refractivity (Wildman–Crippen MR) is 115 cm³/mol. The number of aliphatic hydroxyl groups excluding tert-OH is 2. The van der Waals surface area contributed by atoms with Gasteiger partial charge in [0.05, 0.1) is 12.2 Å². The molecule has 0 aliphatic heterocycles. The van der Waals surface area contributed by atoms with Gasteiger partial charge in [-0.2, -0.15) is 0 Å². The monoisotopic (exact) mass is 360 g/mol. The lowest BCUT2D eigenvalue weighted by atomic mass is 10.1. The first-order valence-electron chi connectivity index (χ1n) is 10.4. The predicted octanol–water partition coefficient (Wildman–Crippen LogP) is 6.43. The van der Waals surface area contributed by atoms with Crippen molar-refractivity contribution in [2.45, 2.75) is 90.3 Å². The standard InChI is InChI=1S/C24H40O2/c1-3-5-7-9-11-15-19-23(25)21-17-13-14-18-22-24(26)20-16-12-10-8-6-4-2/h11-18,21-26H,3-10,19-20H2,1-2H3/b14-13+,15-11-,16-12-,21-17-,22-18+. The van der Waals surface area contributed by atoms with E-state index in [1.807, 2.05) is 24.3 Å². The van der Waals surface area contributed by atoms with Crippen molar-refractivity contribution in [3.63, 3.8) is 0 Å². The zero-order chi connectivity index (χ0) is 19.3. The molecule has 0 aromatic heterocycles. The molecule has 2 unspecified atom stereocenters. The van der Waals surface area contributed by atoms with Crippen molar-refractivity contribution in [1.82, 2.24) is 0 Å². The molecule has 0 saturated heterocycles. The molecule has 0 rings (SSSR count). The summed E-state index contributed by atoms with van der Waals surface area (Å²) >= 11 is 0. The van der Waals surface area contributed by atoms with Crippen LogP contribution in [0.2, 0.25) is 0 Å². The Morgan fingerprint density at radius 1 is 0.577 bits per heavy atom. The third-order valence-electron chi connectivity index (χ3n) is 4.04. The smallest absolute Gasteiger partial charge is 0.0758 e. The van der Waals surface area contributed by atoms with Crippen molar-refractivity contribution >= 4 is 0 Å². The highest BCUT2D eigenvalue weighted by Crippen LogP contribution is 2.03. The van der Waals surface area contributed by atoms with E-state index in [0.29, 0.717) is 12.8 Å². The molecule has 0 aromatic rings. The molecule has 0 heterocycles. The second-order valence-electron chi connectivity index (χ2n) is 6.70. The van der Waals surface area contributed by atoms with E-state index in [2.05, 4.69) is 38.2 Å². The molecule has 148 valence electrons. The minimum Gasteiger partial charge on any atom is -0.389 e. The molecule has 0 aliphatic carbocycles. The maximum absolute atomic E-state index is 9.83. The summed E-state index contributed by atoms with van der Waals surface area (Å²) in [6.07, 6.45) is 29.6. The van der Waals surface area contributed by atoms with Gasteiger partial charge in [0.15, 0.2) is 0 Å². The lowest BCUT2D eigenvalue weighted by molar-refractivity contribution is 0.226. The Balaban J connectivity index is 3.81. The number of hydrogen-bond acceptors (Lipinski definition) is 2. The Labute approximate surface area is 161 Å². The van der Waals surface area contributed by atoms with E-state index in [9.17, 15) is 10.2 Å². The third kappa shape index (κ3) is 19.0. The molecule has 0 aliphatic rings. The van der Waals surface area contributed by atoms with Gasteiger partial charge in [0.25, 0.3) is 0 Å². The fraction of sp³-hybridized carbons (Fsp3) is 0.583. The van der Waals surface area contributed by atoms with Crippen molar-refractivity contribution in [2.75, 3.05) is 0 Å². The molecule has 2 nitrogen and oxygen atoms in total. The van der Waals surface area contributed by atoms with Gasteiger partial charge in [0.1, 0.15) is 0 Å². The third-order valence-corrected chi connectivity index (χ3v) is 4.04. The second kappa shape index (κ2) is 19.9. The molecule has 0 fully saturated rings. The highest BCUT2D eigenvalue weighted by molar-refractivity contribution is 5.13. The summed E-state index contributed by atoms with van der Waals surface area (Å²) in [6, 6.07) is 0. The van der Waals surface area contributed by atoms with Gasteiger partial charge < -0.3 is 10.2 Å². The first-order valence-corrected chi connectivity index (χ1v) is 10.4. The van der Waals surface area contributed by atoms with E-state index in [0.717, 1.165) is 12.8 Å². The largest absolute Gasteiger partial charge is 0.389 e. The van der Waals surface area contributed by atoms with Crippen LogP contribution >= 0.6 is 0 Å². The SMILES string of the molecule is CCCCC/C=C\CC(O)\C=C/C=C/C=C/C(O)C/C=C\CCCCC. The van der Waals surface area contributed by atoms with Crippen LogP contribution in [0.5, 0.6) is 0 Å². The van der Waals surface area contributed by atoms with Crippen LogP contribution in [0.1, 0.15) is 78.1 Å². The van der Waals surface area contributed by atoms with Crippen LogP contribution in [0.4, 0.5) is 0 Å². The molecule has 2 atom stereocenters. The Hall–Kier alpha value is -1.38. The van der Waals surface area contributed by atoms with Crippen molar-refractivity contribution < 1.29 is 10.2 Å². The molecular formula is C24H40O2. The lowest BCUT2D eigenvalue weighted by Crippen LogP contribution is -1.99. The van der Waals surface area contributed by atoms with E-state index >= 15 is 0 Å². The minimum atomic E-state index is -0.436. The average molecular weight is 361 g/mol. The van der Waals surface area contributed by atoms with Crippen LogP contribution in [0.15, 0.2) is 60.8 Å². The molecule has 0 radical (unpaired) electrons. The summed E-state index contributed by atoms with van der Waals surface area (Å²) in [5, 5.41) is 19.7. The van der Waals surface area contributed by atoms with Gasteiger partial charge in [0, 0.05) is 0 Å². The van der Waals surface area contributed by atoms with E-state index < -0.39 is 12.2 Å². The van der Waals surface area contributed by atoms with Gasteiger partial charge in [-0.3, -0.25) is 0 Å². The number of aliphatic hydroxyl groups is 2. The summed E-state index contributed by atoms with van der Waals surface area (Å²) in [4.78, 5) is 0. The van der Waals surface area contributed by atoms with Gasteiger partial charge in [-0.1, -0.05) is 100 Å². The molecule has 2 heteroatoms. The summed E-state index contributed by atoms with van der Waals surface area (Å²) in [5.74, 6) is 0. The Morgan fingerprint density at radius 3 is 1.38 bits per heavy atom. The number of unbranched alkanes of at least 4 members (excludes halogenated alkanes) is 6. The Kier molecular flexibility index (Phi) is 18.9. The molecule has 0 spiro atoms. The normalized spacial score (nSPS) is 15.4. The van der Waals surface area contributed by atoms with Gasteiger partial charge in [-0.05, 0) is 38.5 Å². The van der Waals surface area contributed by atoms with Gasteiger partial charge in [-0.25, -0.2) is 0 Å². The Morgan fingerprint density at radius 2 is 1.00 bits per heavy atom. The number of allylic oxidation sites excluding steroid dienone is 6. The molecular weight excluding hydrogens is 320 g/mol. The zero-order valence-corrected chi connectivity index (χ0v) is 16.9. The quantitative estimate of drug-likeness (QED) is 0.189. The summed E-state index contributed by atoms with van der Waals surface area (Å²) in [6.45, 7) is 4.41. The first kappa shape index (κ1) is 24.6. The van der Waals surface area contributed by atoms with E-state index in [-0.39, 0.29) is 0 Å². The molecule has 0 amide bonds. The fourth-order valence-corrected chi connectivity index (χ4v) is 2.40. The van der Waals surface area contributed by atoms with Crippen molar-refractivity contribution in [1.29, 1.82) is 0 Å². The van der Waals surface area contributed by atoms with Crippen LogP contribution in [0, 0.1) is 0 Å². The lowest BCUT2D eigenvalue weighted by Gasteiger charge is -2.00. The fourth-order valence-electron chi connectivity index (χ4n) is 2.40. The van der Waals surface area contributed by atoms with Crippen LogP contribution in [0.25, 0.3) is 0 Å². The minimum absolute atomic E-state index is 0.436. The average Bonchev–Trinajstić information content (AvgIpc) is 2.63. The first-order chi connectivity index (χ1) is 12.7. The Bertz CT molecular complexity index is 389. The maximum atomic E-state index is 9.83. The van der Waals surface area contributed by atoms with Crippen molar-refractivity contribution in [3.8, 4) is 0 Å². The summed E-state index contributed by atoms with van der Waals surface area (Å²) < 4.78 is 0. The maximum Gasteiger partial charge on any atom is 0.0758 e. The highest BCUT2D eigenvalue weighted by atomic mass is 16.3. The second-order valence-corrected chi connectivity index (χ2v) is 6.70. The van der Waals surface area contributed by atoms with Gasteiger partial charge in [-0.15, -0.1) is 0 Å². The molecule has 2 N–H and O–H groups in total. The molecule has 0 bridgehead atoms. The van der Waals surface area contributed by atoms with Crippen LogP contribution < -0.4 is 0 Å². The van der Waals surface area contributed by atoms with Gasteiger partial charge in [0.2, 0.25) is 0 Å².